The van der Waals surface area contributed by atoms with E-state index >= 15 is 0 Å². The first-order chi connectivity index (χ1) is 14.5. The molecule has 0 radical (unpaired) electrons. The Morgan fingerprint density at radius 2 is 1.40 bits per heavy atom. The third-order valence-corrected chi connectivity index (χ3v) is 6.67. The van der Waals surface area contributed by atoms with Crippen molar-refractivity contribution in [2.24, 2.45) is 0 Å². The summed E-state index contributed by atoms with van der Waals surface area (Å²) in [4.78, 5) is 4.91. The zero-order valence-corrected chi connectivity index (χ0v) is 19.3. The van der Waals surface area contributed by atoms with Gasteiger partial charge in [-0.05, 0) is 42.7 Å². The summed E-state index contributed by atoms with van der Waals surface area (Å²) in [6.07, 6.45) is 1.06. The van der Waals surface area contributed by atoms with Gasteiger partial charge in [-0.3, -0.25) is 9.80 Å². The Balaban J connectivity index is 1.72. The van der Waals surface area contributed by atoms with Gasteiger partial charge in [0.15, 0.2) is 0 Å². The van der Waals surface area contributed by atoms with E-state index in [0.29, 0.717) is 10.0 Å². The van der Waals surface area contributed by atoms with Crippen molar-refractivity contribution in [1.29, 1.82) is 0 Å². The van der Waals surface area contributed by atoms with Crippen LogP contribution < -0.4 is 0 Å². The molecule has 5 heteroatoms. The minimum Gasteiger partial charge on any atom is -0.280 e. The summed E-state index contributed by atoms with van der Waals surface area (Å²) in [6.45, 7) is 5.66. The first-order valence-electron chi connectivity index (χ1n) is 10.2. The van der Waals surface area contributed by atoms with Crippen LogP contribution >= 0.6 is 34.8 Å². The molecule has 3 aromatic rings. The Morgan fingerprint density at radius 1 is 0.767 bits per heavy atom. The zero-order chi connectivity index (χ0) is 21.1. The minimum atomic E-state index is -0.0169. The molecule has 0 bridgehead atoms. The van der Waals surface area contributed by atoms with E-state index in [1.807, 2.05) is 36.4 Å². The molecule has 1 saturated heterocycles. The Bertz CT molecular complexity index is 1000. The molecule has 0 N–H and O–H groups in total. The van der Waals surface area contributed by atoms with Gasteiger partial charge >= 0.3 is 0 Å². The Kier molecular flexibility index (Phi) is 7.02. The highest BCUT2D eigenvalue weighted by Crippen LogP contribution is 2.39. The molecule has 0 spiro atoms. The van der Waals surface area contributed by atoms with Gasteiger partial charge in [-0.1, -0.05) is 88.9 Å². The van der Waals surface area contributed by atoms with Crippen LogP contribution in [0.2, 0.25) is 15.1 Å². The molecule has 1 aliphatic heterocycles. The van der Waals surface area contributed by atoms with Gasteiger partial charge in [-0.2, -0.15) is 0 Å². The maximum absolute atomic E-state index is 6.69. The zero-order valence-electron chi connectivity index (χ0n) is 17.0. The van der Waals surface area contributed by atoms with Crippen LogP contribution in [0.25, 0.3) is 0 Å². The lowest BCUT2D eigenvalue weighted by atomic mass is 10.0. The highest BCUT2D eigenvalue weighted by atomic mass is 35.5. The molecule has 4 rings (SSSR count). The molecule has 1 heterocycles. The Hall–Kier alpha value is -1.55. The Morgan fingerprint density at radius 3 is 2.10 bits per heavy atom. The third kappa shape index (κ3) is 4.85. The van der Waals surface area contributed by atoms with Crippen molar-refractivity contribution in [2.75, 3.05) is 13.1 Å². The molecule has 30 heavy (non-hydrogen) atoms. The second kappa shape index (κ2) is 9.72. The van der Waals surface area contributed by atoms with Crippen LogP contribution in [0.5, 0.6) is 0 Å². The van der Waals surface area contributed by atoms with E-state index in [1.54, 1.807) is 0 Å². The van der Waals surface area contributed by atoms with Crippen LogP contribution in [-0.2, 0) is 13.1 Å². The monoisotopic (exact) mass is 458 g/mol. The quantitative estimate of drug-likeness (QED) is 0.393. The molecule has 2 nitrogen and oxygen atoms in total. The number of benzene rings is 3. The van der Waals surface area contributed by atoms with Gasteiger partial charge in [0.1, 0.15) is 0 Å². The normalized spacial score (nSPS) is 17.9. The third-order valence-electron chi connectivity index (χ3n) is 5.64. The smallest absolute Gasteiger partial charge is 0.0921 e. The summed E-state index contributed by atoms with van der Waals surface area (Å²) in [5.74, 6) is 0. The second-order valence-electron chi connectivity index (χ2n) is 7.88. The van der Waals surface area contributed by atoms with E-state index in [0.717, 1.165) is 48.7 Å². The molecule has 0 aliphatic carbocycles. The van der Waals surface area contributed by atoms with Crippen molar-refractivity contribution < 1.29 is 0 Å². The summed E-state index contributed by atoms with van der Waals surface area (Å²) in [7, 11) is 0. The lowest BCUT2D eigenvalue weighted by molar-refractivity contribution is -0.00896. The molecule has 156 valence electrons. The summed E-state index contributed by atoms with van der Waals surface area (Å²) in [5.41, 5.74) is 4.65. The molecular weight excluding hydrogens is 435 g/mol. The van der Waals surface area contributed by atoms with Gasteiger partial charge < -0.3 is 0 Å². The van der Waals surface area contributed by atoms with Crippen molar-refractivity contribution in [3.63, 3.8) is 0 Å². The van der Waals surface area contributed by atoms with Crippen LogP contribution in [-0.4, -0.2) is 22.9 Å². The number of nitrogens with zero attached hydrogens (tertiary/aromatic N) is 2. The van der Waals surface area contributed by atoms with Gasteiger partial charge in [0.05, 0.1) is 6.17 Å². The van der Waals surface area contributed by atoms with Crippen LogP contribution in [0.1, 0.15) is 34.8 Å². The van der Waals surface area contributed by atoms with Gasteiger partial charge in [-0.25, -0.2) is 0 Å². The first kappa shape index (κ1) is 21.7. The van der Waals surface area contributed by atoms with Crippen LogP contribution in [0.15, 0.2) is 66.7 Å². The van der Waals surface area contributed by atoms with Crippen molar-refractivity contribution in [1.82, 2.24) is 9.80 Å². The van der Waals surface area contributed by atoms with Crippen LogP contribution in [0.3, 0.4) is 0 Å². The summed E-state index contributed by atoms with van der Waals surface area (Å²) >= 11 is 19.9. The fourth-order valence-corrected chi connectivity index (χ4v) is 5.08. The average molecular weight is 460 g/mol. The molecule has 0 aromatic heterocycles. The first-order valence-corrected chi connectivity index (χ1v) is 11.4. The van der Waals surface area contributed by atoms with E-state index in [4.69, 9.17) is 34.8 Å². The predicted molar refractivity (Wildman–Crippen MR) is 127 cm³/mol. The maximum atomic E-state index is 6.69. The number of halogens is 3. The minimum absolute atomic E-state index is 0.0169. The largest absolute Gasteiger partial charge is 0.280 e. The lowest BCUT2D eigenvalue weighted by Gasteiger charge is -2.45. The van der Waals surface area contributed by atoms with E-state index in [-0.39, 0.29) is 6.17 Å². The van der Waals surface area contributed by atoms with Crippen molar-refractivity contribution in [2.45, 2.75) is 32.6 Å². The molecule has 1 aliphatic rings. The number of aryl methyl sites for hydroxylation is 1. The van der Waals surface area contributed by atoms with Crippen molar-refractivity contribution in [3.05, 3.63) is 104 Å². The standard InChI is InChI=1S/C25H25Cl3N2/c1-18-7-4-8-19(15-18)16-29-13-6-14-30(17-20-9-2-3-10-21(20)26)25(29)24-22(27)11-5-12-23(24)28/h2-5,7-12,15,25H,6,13-14,16-17H2,1H3/t25-/m1/s1. The molecule has 0 amide bonds. The van der Waals surface area contributed by atoms with E-state index in [2.05, 4.69) is 47.1 Å². The van der Waals surface area contributed by atoms with Gasteiger partial charge in [0.25, 0.3) is 0 Å². The molecule has 0 unspecified atom stereocenters. The maximum Gasteiger partial charge on any atom is 0.0921 e. The highest BCUT2D eigenvalue weighted by molar-refractivity contribution is 6.36. The highest BCUT2D eigenvalue weighted by Gasteiger charge is 2.33. The average Bonchev–Trinajstić information content (AvgIpc) is 2.71. The topological polar surface area (TPSA) is 6.48 Å². The molecule has 3 aromatic carbocycles. The number of hydrogen-bond acceptors (Lipinski definition) is 2. The van der Waals surface area contributed by atoms with E-state index < -0.39 is 0 Å². The van der Waals surface area contributed by atoms with Crippen molar-refractivity contribution in [3.8, 4) is 0 Å². The molecular formula is C25H25Cl3N2. The summed E-state index contributed by atoms with van der Waals surface area (Å²) in [6, 6.07) is 22.5. The van der Waals surface area contributed by atoms with Gasteiger partial charge in [-0.15, -0.1) is 0 Å². The van der Waals surface area contributed by atoms with E-state index in [9.17, 15) is 0 Å². The summed E-state index contributed by atoms with van der Waals surface area (Å²) < 4.78 is 0. The van der Waals surface area contributed by atoms with Crippen LogP contribution in [0.4, 0.5) is 0 Å². The lowest BCUT2D eigenvalue weighted by Crippen LogP contribution is -2.47. The molecule has 1 atom stereocenters. The van der Waals surface area contributed by atoms with Gasteiger partial charge in [0.2, 0.25) is 0 Å². The van der Waals surface area contributed by atoms with Gasteiger partial charge in [0, 0.05) is 46.8 Å². The number of hydrogen-bond donors (Lipinski definition) is 0. The second-order valence-corrected chi connectivity index (χ2v) is 9.11. The molecule has 1 fully saturated rings. The summed E-state index contributed by atoms with van der Waals surface area (Å²) in [5, 5.41) is 2.19. The molecule has 0 saturated carbocycles. The predicted octanol–water partition coefficient (Wildman–Crippen LogP) is 7.36. The van der Waals surface area contributed by atoms with Crippen LogP contribution in [0, 0.1) is 6.92 Å². The van der Waals surface area contributed by atoms with E-state index in [1.165, 1.54) is 11.1 Å². The Labute approximate surface area is 194 Å². The fourth-order valence-electron chi connectivity index (χ4n) is 4.30. The van der Waals surface area contributed by atoms with Crippen molar-refractivity contribution >= 4 is 34.8 Å². The number of rotatable bonds is 5. The SMILES string of the molecule is Cc1cccc(CN2CCCN(Cc3ccccc3Cl)[C@@H]2c2c(Cl)cccc2Cl)c1. The fraction of sp³-hybridized carbons (Fsp3) is 0.280.